The van der Waals surface area contributed by atoms with Gasteiger partial charge in [0.25, 0.3) is 5.56 Å². The molecule has 0 aliphatic rings. The zero-order valence-electron chi connectivity index (χ0n) is 20.0. The molecule has 0 spiro atoms. The van der Waals surface area contributed by atoms with Gasteiger partial charge < -0.3 is 15.0 Å². The first kappa shape index (κ1) is 25.4. The molecule has 2 aromatic heterocycles. The maximum atomic E-state index is 13.6. The molecule has 0 atom stereocenters. The number of ether oxygens (including phenoxy) is 1. The number of rotatable bonds is 7. The Bertz CT molecular complexity index is 1680. The molecule has 0 aliphatic carbocycles. The van der Waals surface area contributed by atoms with Crippen molar-refractivity contribution in [2.75, 3.05) is 5.75 Å². The predicted octanol–water partition coefficient (Wildman–Crippen LogP) is 5.48. The van der Waals surface area contributed by atoms with Gasteiger partial charge in [-0.2, -0.15) is 0 Å². The van der Waals surface area contributed by atoms with E-state index in [0.29, 0.717) is 17.6 Å². The number of fused-ring (bicyclic) bond motifs is 3. The summed E-state index contributed by atoms with van der Waals surface area (Å²) in [4.78, 5) is 34.0. The molecule has 0 fully saturated rings. The largest absolute Gasteiger partial charge is 0.573 e. The quantitative estimate of drug-likeness (QED) is 0.212. The van der Waals surface area contributed by atoms with Crippen molar-refractivity contribution in [3.8, 4) is 11.4 Å². The average molecular weight is 539 g/mol. The first-order valence-electron chi connectivity index (χ1n) is 11.5. The number of H-pyrrole nitrogens is 1. The van der Waals surface area contributed by atoms with Crippen molar-refractivity contribution in [2.45, 2.75) is 25.0 Å². The van der Waals surface area contributed by atoms with Crippen LogP contribution in [0.25, 0.3) is 27.6 Å². The van der Waals surface area contributed by atoms with Gasteiger partial charge >= 0.3 is 6.36 Å². The Balaban J connectivity index is 1.47. The van der Waals surface area contributed by atoms with E-state index in [1.165, 1.54) is 16.7 Å². The van der Waals surface area contributed by atoms with Gasteiger partial charge in [-0.3, -0.25) is 14.2 Å². The number of carbonyl (C=O) groups is 1. The lowest BCUT2D eigenvalue weighted by atomic mass is 10.1. The lowest BCUT2D eigenvalue weighted by Gasteiger charge is -2.14. The summed E-state index contributed by atoms with van der Waals surface area (Å²) in [6.45, 7) is 2.33. The van der Waals surface area contributed by atoms with Crippen LogP contribution >= 0.6 is 11.8 Å². The third-order valence-corrected chi connectivity index (χ3v) is 6.70. The summed E-state index contributed by atoms with van der Waals surface area (Å²) >= 11 is 1.06. The standard InChI is InChI=1S/C27H21F3N4O3S/c1-16-6-8-17(9-7-16)14-31-22(35)15-38-26-33-23-20-4-2-3-5-21(20)32-24(23)25(36)34(26)18-10-12-19(13-11-18)37-27(28,29)30/h2-13,32H,14-15H2,1H3,(H,31,35). The van der Waals surface area contributed by atoms with E-state index >= 15 is 0 Å². The monoisotopic (exact) mass is 538 g/mol. The molecule has 2 heterocycles. The number of thioether (sulfide) groups is 1. The molecule has 2 N–H and O–H groups in total. The Labute approximate surface area is 218 Å². The number of nitrogens with zero attached hydrogens (tertiary/aromatic N) is 2. The van der Waals surface area contributed by atoms with E-state index in [-0.39, 0.29) is 28.0 Å². The maximum absolute atomic E-state index is 13.6. The lowest BCUT2D eigenvalue weighted by Crippen LogP contribution is -2.26. The molecule has 5 aromatic rings. The van der Waals surface area contributed by atoms with Crippen molar-refractivity contribution >= 4 is 39.6 Å². The Morgan fingerprint density at radius 3 is 2.47 bits per heavy atom. The number of para-hydroxylation sites is 1. The molecule has 38 heavy (non-hydrogen) atoms. The summed E-state index contributed by atoms with van der Waals surface area (Å²) in [5.74, 6) is -0.704. The molecule has 0 bridgehead atoms. The number of aryl methyl sites for hydroxylation is 1. The second kappa shape index (κ2) is 10.3. The lowest BCUT2D eigenvalue weighted by molar-refractivity contribution is -0.274. The van der Waals surface area contributed by atoms with Crippen LogP contribution in [0, 0.1) is 6.92 Å². The third kappa shape index (κ3) is 5.52. The molecular formula is C27H21F3N4O3S. The van der Waals surface area contributed by atoms with E-state index in [1.807, 2.05) is 55.5 Å². The predicted molar refractivity (Wildman–Crippen MR) is 140 cm³/mol. The number of hydrogen-bond acceptors (Lipinski definition) is 5. The summed E-state index contributed by atoms with van der Waals surface area (Å²) in [6.07, 6.45) is -4.84. The smallest absolute Gasteiger partial charge is 0.406 e. The SMILES string of the molecule is Cc1ccc(CNC(=O)CSc2nc3c([nH]c4ccccc43)c(=O)n2-c2ccc(OC(F)(F)F)cc2)cc1. The van der Waals surface area contributed by atoms with Gasteiger partial charge in [-0.1, -0.05) is 59.8 Å². The zero-order chi connectivity index (χ0) is 26.9. The zero-order valence-corrected chi connectivity index (χ0v) is 20.8. The molecule has 11 heteroatoms. The minimum atomic E-state index is -4.84. The van der Waals surface area contributed by atoms with Gasteiger partial charge in [0.05, 0.1) is 11.4 Å². The van der Waals surface area contributed by atoms with Gasteiger partial charge in [-0.15, -0.1) is 13.2 Å². The van der Waals surface area contributed by atoms with Crippen LogP contribution in [0.5, 0.6) is 5.75 Å². The Hall–Kier alpha value is -4.25. The van der Waals surface area contributed by atoms with Gasteiger partial charge in [0, 0.05) is 17.4 Å². The summed E-state index contributed by atoms with van der Waals surface area (Å²) < 4.78 is 43.0. The Morgan fingerprint density at radius 1 is 1.05 bits per heavy atom. The molecule has 0 radical (unpaired) electrons. The molecule has 1 amide bonds. The van der Waals surface area contributed by atoms with Crippen LogP contribution < -0.4 is 15.6 Å². The number of alkyl halides is 3. The van der Waals surface area contributed by atoms with Crippen LogP contribution in [0.2, 0.25) is 0 Å². The molecular weight excluding hydrogens is 517 g/mol. The summed E-state index contributed by atoms with van der Waals surface area (Å²) in [6, 6.07) is 20.0. The number of aromatic nitrogens is 3. The van der Waals surface area contributed by atoms with Gasteiger partial charge in [0.1, 0.15) is 16.8 Å². The van der Waals surface area contributed by atoms with E-state index in [9.17, 15) is 22.8 Å². The number of nitrogens with one attached hydrogen (secondary N) is 2. The van der Waals surface area contributed by atoms with Crippen LogP contribution in [-0.4, -0.2) is 32.6 Å². The molecule has 7 nitrogen and oxygen atoms in total. The summed E-state index contributed by atoms with van der Waals surface area (Å²) in [7, 11) is 0. The minimum Gasteiger partial charge on any atom is -0.406 e. The van der Waals surface area contributed by atoms with E-state index in [0.717, 1.165) is 40.4 Å². The van der Waals surface area contributed by atoms with Crippen LogP contribution in [-0.2, 0) is 11.3 Å². The second-order valence-corrected chi connectivity index (χ2v) is 9.46. The Morgan fingerprint density at radius 2 is 1.76 bits per heavy atom. The number of aromatic amines is 1. The summed E-state index contributed by atoms with van der Waals surface area (Å²) in [5, 5.41) is 3.82. The van der Waals surface area contributed by atoms with Gasteiger partial charge in [-0.25, -0.2) is 4.98 Å². The van der Waals surface area contributed by atoms with Crippen molar-refractivity contribution in [3.05, 3.63) is 94.3 Å². The van der Waals surface area contributed by atoms with Gasteiger partial charge in [0.2, 0.25) is 5.91 Å². The van der Waals surface area contributed by atoms with Crippen molar-refractivity contribution in [1.29, 1.82) is 0 Å². The number of amides is 1. The van der Waals surface area contributed by atoms with Crippen molar-refractivity contribution in [1.82, 2.24) is 19.9 Å². The van der Waals surface area contributed by atoms with Gasteiger partial charge in [0.15, 0.2) is 5.16 Å². The van der Waals surface area contributed by atoms with Crippen molar-refractivity contribution in [2.24, 2.45) is 0 Å². The Kier molecular flexibility index (Phi) is 6.85. The first-order chi connectivity index (χ1) is 18.2. The molecule has 0 saturated heterocycles. The van der Waals surface area contributed by atoms with Gasteiger partial charge in [-0.05, 0) is 42.8 Å². The minimum absolute atomic E-state index is 0.0264. The van der Waals surface area contributed by atoms with Crippen LogP contribution in [0.1, 0.15) is 11.1 Å². The van der Waals surface area contributed by atoms with E-state index in [4.69, 9.17) is 0 Å². The topological polar surface area (TPSA) is 89.0 Å². The number of benzene rings is 3. The van der Waals surface area contributed by atoms with E-state index < -0.39 is 17.7 Å². The average Bonchev–Trinajstić information content (AvgIpc) is 3.26. The van der Waals surface area contributed by atoms with E-state index in [1.54, 1.807) is 0 Å². The summed E-state index contributed by atoms with van der Waals surface area (Å²) in [5.41, 5.74) is 3.30. The van der Waals surface area contributed by atoms with Crippen LogP contribution in [0.3, 0.4) is 0 Å². The molecule has 0 saturated carbocycles. The fraction of sp³-hybridized carbons (Fsp3) is 0.148. The normalized spacial score (nSPS) is 11.7. The molecule has 3 aromatic carbocycles. The highest BCUT2D eigenvalue weighted by Gasteiger charge is 2.31. The van der Waals surface area contributed by atoms with Crippen LogP contribution in [0.15, 0.2) is 82.7 Å². The highest BCUT2D eigenvalue weighted by atomic mass is 32.2. The van der Waals surface area contributed by atoms with Crippen molar-refractivity contribution in [3.63, 3.8) is 0 Å². The molecule has 5 rings (SSSR count). The van der Waals surface area contributed by atoms with Crippen LogP contribution in [0.4, 0.5) is 13.2 Å². The van der Waals surface area contributed by atoms with E-state index in [2.05, 4.69) is 20.0 Å². The second-order valence-electron chi connectivity index (χ2n) is 8.52. The molecule has 194 valence electrons. The first-order valence-corrected chi connectivity index (χ1v) is 12.5. The third-order valence-electron chi connectivity index (χ3n) is 5.77. The maximum Gasteiger partial charge on any atom is 0.573 e. The molecule has 0 unspecified atom stereocenters. The fourth-order valence-electron chi connectivity index (χ4n) is 3.95. The molecule has 0 aliphatic heterocycles. The number of hydrogen-bond donors (Lipinski definition) is 2. The number of halogens is 3. The number of carbonyl (C=O) groups excluding carboxylic acids is 1. The van der Waals surface area contributed by atoms with Crippen molar-refractivity contribution < 1.29 is 22.7 Å². The fourth-order valence-corrected chi connectivity index (χ4v) is 4.79. The highest BCUT2D eigenvalue weighted by Crippen LogP contribution is 2.28. The highest BCUT2D eigenvalue weighted by molar-refractivity contribution is 7.99.